The molecule has 38 heavy (non-hydrogen) atoms. The van der Waals surface area contributed by atoms with E-state index in [1.54, 1.807) is 0 Å². The Morgan fingerprint density at radius 1 is 0.974 bits per heavy atom. The minimum Gasteiger partial charge on any atom is -0.320 e. The van der Waals surface area contributed by atoms with Gasteiger partial charge in [0.2, 0.25) is 0 Å². The topological polar surface area (TPSA) is 62.3 Å². The second-order valence-electron chi connectivity index (χ2n) is 7.66. The van der Waals surface area contributed by atoms with Gasteiger partial charge in [0.25, 0.3) is 11.8 Å². The number of amides is 2. The monoisotopic (exact) mass is 629 g/mol. The maximum atomic E-state index is 15.2. The number of carbonyl (C=O) groups excluding carboxylic acids is 2. The highest BCUT2D eigenvalue weighted by Crippen LogP contribution is 2.54. The summed E-state index contributed by atoms with van der Waals surface area (Å²) in [5.74, 6) is -3.03. The third-order valence-corrected chi connectivity index (χ3v) is 6.20. The van der Waals surface area contributed by atoms with E-state index in [2.05, 4.69) is 26.2 Å². The molecule has 202 valence electrons. The summed E-state index contributed by atoms with van der Waals surface area (Å²) in [6, 6.07) is 6.38. The van der Waals surface area contributed by atoms with E-state index in [0.29, 0.717) is 0 Å². The number of hydrogen-bond donors (Lipinski definition) is 1. The molecule has 0 unspecified atom stereocenters. The van der Waals surface area contributed by atoms with Gasteiger partial charge in [0, 0.05) is 35.0 Å². The Morgan fingerprint density at radius 2 is 1.55 bits per heavy atom. The molecule has 2 amide bonds. The normalized spacial score (nSPS) is 12.3. The molecule has 0 bridgehead atoms. The predicted octanol–water partition coefficient (Wildman–Crippen LogP) is 7.45. The summed E-state index contributed by atoms with van der Waals surface area (Å²) in [7, 11) is 1.24. The zero-order valence-electron chi connectivity index (χ0n) is 18.7. The van der Waals surface area contributed by atoms with Crippen molar-refractivity contribution in [3.63, 3.8) is 0 Å². The molecule has 3 rings (SSSR count). The van der Waals surface area contributed by atoms with Crippen molar-refractivity contribution < 1.29 is 44.7 Å². The Labute approximate surface area is 222 Å². The first-order valence-corrected chi connectivity index (χ1v) is 11.3. The summed E-state index contributed by atoms with van der Waals surface area (Å²) in [4.78, 5) is 30.1. The standard InChI is InChI=1S/C23H13BrClF8N3O2/c1-36(20(38)11-5-7-34-8-6-11)16-4-2-3-13(17(16)26)19(37)35-18-14(24)9-12(10-15(18)25)21(27,22(28,29)30)23(31,32)33/h2-10H,1H3,(H,35,37). The second-order valence-corrected chi connectivity index (χ2v) is 8.92. The van der Waals surface area contributed by atoms with Crippen molar-refractivity contribution in [1.82, 2.24) is 4.98 Å². The van der Waals surface area contributed by atoms with E-state index in [0.717, 1.165) is 11.0 Å². The molecule has 1 heterocycles. The average molecular weight is 631 g/mol. The van der Waals surface area contributed by atoms with Crippen LogP contribution in [-0.4, -0.2) is 36.2 Å². The van der Waals surface area contributed by atoms with Gasteiger partial charge in [-0.1, -0.05) is 17.7 Å². The lowest BCUT2D eigenvalue weighted by atomic mass is 9.94. The van der Waals surface area contributed by atoms with Crippen molar-refractivity contribution in [2.45, 2.75) is 18.0 Å². The van der Waals surface area contributed by atoms with Crippen LogP contribution in [0.4, 0.5) is 46.5 Å². The van der Waals surface area contributed by atoms with Crippen LogP contribution in [-0.2, 0) is 5.67 Å². The number of benzene rings is 2. The lowest BCUT2D eigenvalue weighted by Crippen LogP contribution is -2.50. The summed E-state index contributed by atoms with van der Waals surface area (Å²) < 4.78 is 108. The first-order valence-electron chi connectivity index (χ1n) is 10.1. The van der Waals surface area contributed by atoms with Crippen LogP contribution < -0.4 is 10.2 Å². The summed E-state index contributed by atoms with van der Waals surface area (Å²) in [5.41, 5.74) is -9.02. The Morgan fingerprint density at radius 3 is 2.08 bits per heavy atom. The molecule has 5 nitrogen and oxygen atoms in total. The molecule has 3 aromatic rings. The van der Waals surface area contributed by atoms with Crippen LogP contribution in [0.1, 0.15) is 26.3 Å². The number of aromatic nitrogens is 1. The average Bonchev–Trinajstić information content (AvgIpc) is 2.83. The Hall–Kier alpha value is -3.26. The van der Waals surface area contributed by atoms with Crippen LogP contribution >= 0.6 is 27.5 Å². The van der Waals surface area contributed by atoms with E-state index in [4.69, 9.17) is 11.6 Å². The van der Waals surface area contributed by atoms with Crippen LogP contribution in [0.3, 0.4) is 0 Å². The predicted molar refractivity (Wildman–Crippen MR) is 125 cm³/mol. The molecular formula is C23H13BrClF8N3O2. The fourth-order valence-corrected chi connectivity index (χ4v) is 4.25. The van der Waals surface area contributed by atoms with Crippen molar-refractivity contribution in [1.29, 1.82) is 0 Å². The minimum atomic E-state index is -6.39. The van der Waals surface area contributed by atoms with Crippen LogP contribution in [0.2, 0.25) is 5.02 Å². The Balaban J connectivity index is 1.96. The molecule has 1 N–H and O–H groups in total. The van der Waals surface area contributed by atoms with Crippen molar-refractivity contribution in [3.8, 4) is 0 Å². The molecule has 0 fully saturated rings. The number of rotatable bonds is 5. The van der Waals surface area contributed by atoms with E-state index in [1.807, 2.05) is 0 Å². The molecule has 0 aliphatic rings. The molecule has 0 radical (unpaired) electrons. The number of halogens is 10. The molecule has 1 aromatic heterocycles. The third kappa shape index (κ3) is 5.32. The van der Waals surface area contributed by atoms with Crippen molar-refractivity contribution in [2.24, 2.45) is 0 Å². The second kappa shape index (κ2) is 10.5. The number of hydrogen-bond acceptors (Lipinski definition) is 3. The van der Waals surface area contributed by atoms with E-state index < -0.39 is 62.0 Å². The summed E-state index contributed by atoms with van der Waals surface area (Å²) in [6.07, 6.45) is -10.1. The van der Waals surface area contributed by atoms with Gasteiger partial charge in [-0.3, -0.25) is 14.6 Å². The van der Waals surface area contributed by atoms with E-state index >= 15 is 4.39 Å². The summed E-state index contributed by atoms with van der Waals surface area (Å²) in [5, 5.41) is 1.16. The molecule has 0 atom stereocenters. The van der Waals surface area contributed by atoms with Gasteiger partial charge in [-0.25, -0.2) is 8.78 Å². The fraction of sp³-hybridized carbons (Fsp3) is 0.174. The zero-order valence-corrected chi connectivity index (χ0v) is 21.0. The first-order chi connectivity index (χ1) is 17.5. The van der Waals surface area contributed by atoms with Gasteiger partial charge >= 0.3 is 18.0 Å². The highest BCUT2D eigenvalue weighted by Gasteiger charge is 2.73. The maximum absolute atomic E-state index is 15.2. The quantitative estimate of drug-likeness (QED) is 0.298. The van der Waals surface area contributed by atoms with E-state index in [9.17, 15) is 40.3 Å². The molecule has 0 spiro atoms. The number of nitrogens with one attached hydrogen (secondary N) is 1. The van der Waals surface area contributed by atoms with Crippen LogP contribution in [0.15, 0.2) is 59.3 Å². The number of nitrogens with zero attached hydrogens (tertiary/aromatic N) is 2. The summed E-state index contributed by atoms with van der Waals surface area (Å²) >= 11 is 8.48. The van der Waals surface area contributed by atoms with Crippen LogP contribution in [0, 0.1) is 5.82 Å². The number of alkyl halides is 7. The number of pyridine rings is 1. The van der Waals surface area contributed by atoms with Gasteiger partial charge in [0.05, 0.1) is 22.0 Å². The maximum Gasteiger partial charge on any atom is 0.435 e. The highest BCUT2D eigenvalue weighted by molar-refractivity contribution is 9.10. The minimum absolute atomic E-state index is 0.0524. The third-order valence-electron chi connectivity index (χ3n) is 5.28. The van der Waals surface area contributed by atoms with Crippen molar-refractivity contribution >= 4 is 50.7 Å². The summed E-state index contributed by atoms with van der Waals surface area (Å²) in [6.45, 7) is 0. The molecule has 0 aliphatic carbocycles. The van der Waals surface area contributed by atoms with Gasteiger partial charge in [0.15, 0.2) is 5.82 Å². The number of carbonyl (C=O) groups is 2. The molecule has 0 aliphatic heterocycles. The molecule has 2 aromatic carbocycles. The smallest absolute Gasteiger partial charge is 0.320 e. The van der Waals surface area contributed by atoms with Gasteiger partial charge in [-0.05, 0) is 52.3 Å². The van der Waals surface area contributed by atoms with Gasteiger partial charge in [-0.2, -0.15) is 26.3 Å². The van der Waals surface area contributed by atoms with E-state index in [1.165, 1.54) is 43.7 Å². The highest BCUT2D eigenvalue weighted by atomic mass is 79.9. The lowest BCUT2D eigenvalue weighted by Gasteiger charge is -2.30. The largest absolute Gasteiger partial charge is 0.435 e. The Kier molecular flexibility index (Phi) is 8.08. The molecular weight excluding hydrogens is 618 g/mol. The lowest BCUT2D eigenvalue weighted by molar-refractivity contribution is -0.348. The number of anilines is 2. The van der Waals surface area contributed by atoms with Crippen molar-refractivity contribution in [2.75, 3.05) is 17.3 Å². The van der Waals surface area contributed by atoms with Crippen molar-refractivity contribution in [3.05, 3.63) is 86.9 Å². The van der Waals surface area contributed by atoms with Gasteiger partial charge < -0.3 is 10.2 Å². The molecule has 15 heteroatoms. The van der Waals surface area contributed by atoms with Gasteiger partial charge in [0.1, 0.15) is 0 Å². The van der Waals surface area contributed by atoms with E-state index in [-0.39, 0.29) is 23.4 Å². The van der Waals surface area contributed by atoms with Crippen LogP contribution in [0.25, 0.3) is 0 Å². The molecule has 0 saturated carbocycles. The fourth-order valence-electron chi connectivity index (χ4n) is 3.31. The SMILES string of the molecule is CN(C(=O)c1ccncc1)c1cccc(C(=O)Nc2c(Cl)cc(C(F)(C(F)(F)F)C(F)(F)F)cc2Br)c1F. The van der Waals surface area contributed by atoms with Gasteiger partial charge in [-0.15, -0.1) is 0 Å². The first kappa shape index (κ1) is 29.3. The van der Waals surface area contributed by atoms with Crippen LogP contribution in [0.5, 0.6) is 0 Å². The zero-order chi connectivity index (χ0) is 28.6. The molecule has 0 saturated heterocycles. The Bertz CT molecular complexity index is 1350.